The van der Waals surface area contributed by atoms with Gasteiger partial charge in [0.2, 0.25) is 5.91 Å². The summed E-state index contributed by atoms with van der Waals surface area (Å²) in [6.45, 7) is 7.33. The molecule has 5 heteroatoms. The Morgan fingerprint density at radius 2 is 1.89 bits per heavy atom. The molecule has 184 valence electrons. The molecule has 1 aliphatic heterocycles. The second-order valence-electron chi connectivity index (χ2n) is 10.1. The first-order valence-electron chi connectivity index (χ1n) is 12.5. The number of carbonyl (C=O) groups is 1. The molecule has 1 N–H and O–H groups in total. The van der Waals surface area contributed by atoms with Gasteiger partial charge in [-0.05, 0) is 59.2 Å². The Hall–Kier alpha value is -3.18. The molecule has 2 aromatic carbocycles. The summed E-state index contributed by atoms with van der Waals surface area (Å²) in [5.41, 5.74) is 5.68. The van der Waals surface area contributed by atoms with Gasteiger partial charge < -0.3 is 14.7 Å². The second-order valence-corrected chi connectivity index (χ2v) is 10.1. The van der Waals surface area contributed by atoms with Crippen LogP contribution in [0.4, 0.5) is 0 Å². The molecule has 2 heterocycles. The van der Waals surface area contributed by atoms with Gasteiger partial charge in [-0.1, -0.05) is 56.3 Å². The standard InChI is InChI=1S/C30H36N2O3/c1-22(2)26-10-6-24(7-11-26)18-30(3)19-27-17-23(8-12-28(27)35-30)9-13-29(34)32(15-16-33)21-25-5-4-14-31-20-25/h4-8,10-12,14,17,20,22,33H,9,13,15-16,18-19,21H2,1-3H3. The van der Waals surface area contributed by atoms with E-state index in [0.717, 1.165) is 29.7 Å². The number of hydrogen-bond acceptors (Lipinski definition) is 4. The smallest absolute Gasteiger partial charge is 0.223 e. The maximum absolute atomic E-state index is 12.9. The van der Waals surface area contributed by atoms with Crippen molar-refractivity contribution in [3.05, 3.63) is 94.8 Å². The zero-order valence-electron chi connectivity index (χ0n) is 21.0. The molecule has 1 atom stereocenters. The number of aliphatic hydroxyl groups excluding tert-OH is 1. The van der Waals surface area contributed by atoms with Gasteiger partial charge in [0.05, 0.1) is 6.61 Å². The highest BCUT2D eigenvalue weighted by molar-refractivity contribution is 5.76. The highest BCUT2D eigenvalue weighted by atomic mass is 16.5. The minimum atomic E-state index is -0.266. The SMILES string of the molecule is CC(C)c1ccc(CC2(C)Cc3cc(CCC(=O)N(CCO)Cc4cccnc4)ccc3O2)cc1. The van der Waals surface area contributed by atoms with Crippen molar-refractivity contribution in [2.45, 2.75) is 64.5 Å². The van der Waals surface area contributed by atoms with Crippen LogP contribution in [-0.2, 0) is 30.6 Å². The molecule has 35 heavy (non-hydrogen) atoms. The molecule has 1 aliphatic rings. The molecular formula is C30H36N2O3. The van der Waals surface area contributed by atoms with Gasteiger partial charge >= 0.3 is 0 Å². The molecule has 1 amide bonds. The third-order valence-electron chi connectivity index (χ3n) is 6.72. The lowest BCUT2D eigenvalue weighted by Gasteiger charge is -2.24. The van der Waals surface area contributed by atoms with E-state index in [1.54, 1.807) is 17.3 Å². The Morgan fingerprint density at radius 1 is 1.11 bits per heavy atom. The lowest BCUT2D eigenvalue weighted by Crippen LogP contribution is -2.33. The van der Waals surface area contributed by atoms with E-state index >= 15 is 0 Å². The molecule has 0 spiro atoms. The van der Waals surface area contributed by atoms with Crippen LogP contribution in [0.3, 0.4) is 0 Å². The number of carbonyl (C=O) groups excluding carboxylic acids is 1. The zero-order valence-corrected chi connectivity index (χ0v) is 21.0. The Balaban J connectivity index is 1.35. The number of hydrogen-bond donors (Lipinski definition) is 1. The fourth-order valence-electron chi connectivity index (χ4n) is 4.82. The first-order chi connectivity index (χ1) is 16.8. The zero-order chi connectivity index (χ0) is 24.8. The van der Waals surface area contributed by atoms with Crippen LogP contribution < -0.4 is 4.74 Å². The number of fused-ring (bicyclic) bond motifs is 1. The molecule has 0 aliphatic carbocycles. The van der Waals surface area contributed by atoms with E-state index in [1.807, 2.05) is 18.2 Å². The van der Waals surface area contributed by atoms with Crippen LogP contribution in [0.1, 0.15) is 60.9 Å². The van der Waals surface area contributed by atoms with Crippen LogP contribution >= 0.6 is 0 Å². The highest BCUT2D eigenvalue weighted by Crippen LogP contribution is 2.37. The maximum atomic E-state index is 12.9. The summed E-state index contributed by atoms with van der Waals surface area (Å²) in [4.78, 5) is 18.7. The van der Waals surface area contributed by atoms with Gasteiger partial charge in [0.15, 0.2) is 0 Å². The van der Waals surface area contributed by atoms with Gasteiger partial charge in [0, 0.05) is 44.7 Å². The number of rotatable bonds is 10. The van der Waals surface area contributed by atoms with E-state index in [2.05, 4.69) is 62.2 Å². The van der Waals surface area contributed by atoms with Crippen molar-refractivity contribution in [2.75, 3.05) is 13.2 Å². The average Bonchev–Trinajstić information content (AvgIpc) is 3.18. The summed E-state index contributed by atoms with van der Waals surface area (Å²) < 4.78 is 6.38. The molecule has 4 rings (SSSR count). The van der Waals surface area contributed by atoms with E-state index in [9.17, 15) is 9.90 Å². The van der Waals surface area contributed by atoms with Crippen LogP contribution in [0, 0.1) is 0 Å². The topological polar surface area (TPSA) is 62.7 Å². The Bertz CT molecular complexity index is 1130. The molecular weight excluding hydrogens is 436 g/mol. The van der Waals surface area contributed by atoms with Crippen LogP contribution in [0.2, 0.25) is 0 Å². The maximum Gasteiger partial charge on any atom is 0.223 e. The van der Waals surface area contributed by atoms with Crippen molar-refractivity contribution >= 4 is 5.91 Å². The van der Waals surface area contributed by atoms with Gasteiger partial charge in [-0.2, -0.15) is 0 Å². The number of pyridine rings is 1. The summed E-state index contributed by atoms with van der Waals surface area (Å²) in [7, 11) is 0. The van der Waals surface area contributed by atoms with Crippen LogP contribution in [0.25, 0.3) is 0 Å². The first kappa shape index (κ1) is 24.9. The van der Waals surface area contributed by atoms with Crippen LogP contribution in [-0.4, -0.2) is 39.7 Å². The van der Waals surface area contributed by atoms with E-state index in [-0.39, 0.29) is 18.1 Å². The third kappa shape index (κ3) is 6.49. The van der Waals surface area contributed by atoms with Gasteiger partial charge in [-0.3, -0.25) is 9.78 Å². The minimum absolute atomic E-state index is 0.0364. The predicted molar refractivity (Wildman–Crippen MR) is 138 cm³/mol. The van der Waals surface area contributed by atoms with Crippen molar-refractivity contribution in [3.8, 4) is 5.75 Å². The van der Waals surface area contributed by atoms with Crippen molar-refractivity contribution in [1.82, 2.24) is 9.88 Å². The first-order valence-corrected chi connectivity index (χ1v) is 12.5. The fraction of sp³-hybridized carbons (Fsp3) is 0.400. The molecule has 0 fully saturated rings. The van der Waals surface area contributed by atoms with E-state index in [0.29, 0.717) is 31.8 Å². The number of ether oxygens (including phenoxy) is 1. The van der Waals surface area contributed by atoms with Crippen LogP contribution in [0.5, 0.6) is 5.75 Å². The van der Waals surface area contributed by atoms with E-state index < -0.39 is 0 Å². The highest BCUT2D eigenvalue weighted by Gasteiger charge is 2.35. The lowest BCUT2D eigenvalue weighted by molar-refractivity contribution is -0.132. The average molecular weight is 473 g/mol. The molecule has 1 unspecified atom stereocenters. The summed E-state index contributed by atoms with van der Waals surface area (Å²) in [6.07, 6.45) is 6.25. The van der Waals surface area contributed by atoms with Crippen molar-refractivity contribution in [1.29, 1.82) is 0 Å². The Morgan fingerprint density at radius 3 is 2.57 bits per heavy atom. The Labute approximate surface area is 208 Å². The third-order valence-corrected chi connectivity index (χ3v) is 6.72. The largest absolute Gasteiger partial charge is 0.487 e. The Kier molecular flexibility index (Phi) is 7.86. The van der Waals surface area contributed by atoms with Crippen LogP contribution in [0.15, 0.2) is 67.0 Å². The normalized spacial score (nSPS) is 16.7. The molecule has 0 bridgehead atoms. The summed E-state index contributed by atoms with van der Waals surface area (Å²) in [5.74, 6) is 1.51. The lowest BCUT2D eigenvalue weighted by atomic mass is 9.90. The second kappa shape index (κ2) is 11.0. The quantitative estimate of drug-likeness (QED) is 0.446. The number of nitrogens with zero attached hydrogens (tertiary/aromatic N) is 2. The molecule has 0 radical (unpaired) electrons. The minimum Gasteiger partial charge on any atom is -0.487 e. The van der Waals surface area contributed by atoms with Gasteiger partial charge in [0.1, 0.15) is 11.4 Å². The summed E-state index contributed by atoms with van der Waals surface area (Å²) >= 11 is 0. The monoisotopic (exact) mass is 472 g/mol. The van der Waals surface area contributed by atoms with E-state index in [4.69, 9.17) is 4.74 Å². The van der Waals surface area contributed by atoms with Gasteiger partial charge in [0.25, 0.3) is 0 Å². The van der Waals surface area contributed by atoms with Crippen molar-refractivity contribution in [3.63, 3.8) is 0 Å². The summed E-state index contributed by atoms with van der Waals surface area (Å²) in [6, 6.07) is 19.0. The summed E-state index contributed by atoms with van der Waals surface area (Å²) in [5, 5.41) is 9.42. The number of aromatic nitrogens is 1. The number of aryl methyl sites for hydroxylation is 1. The van der Waals surface area contributed by atoms with Crippen molar-refractivity contribution in [2.24, 2.45) is 0 Å². The number of benzene rings is 2. The fourth-order valence-corrected chi connectivity index (χ4v) is 4.82. The molecule has 5 nitrogen and oxygen atoms in total. The molecule has 1 aromatic heterocycles. The van der Waals surface area contributed by atoms with E-state index in [1.165, 1.54) is 16.7 Å². The van der Waals surface area contributed by atoms with Crippen molar-refractivity contribution < 1.29 is 14.6 Å². The molecule has 0 saturated carbocycles. The van der Waals surface area contributed by atoms with Gasteiger partial charge in [-0.15, -0.1) is 0 Å². The number of aliphatic hydroxyl groups is 1. The molecule has 3 aromatic rings. The van der Waals surface area contributed by atoms with Gasteiger partial charge in [-0.25, -0.2) is 0 Å². The molecule has 0 saturated heterocycles. The predicted octanol–water partition coefficient (Wildman–Crippen LogP) is 5.10. The number of amides is 1.